The number of thiazole rings is 1. The number of nitrogens with zero attached hydrogens (tertiary/aromatic N) is 1. The van der Waals surface area contributed by atoms with Gasteiger partial charge < -0.3 is 5.32 Å². The van der Waals surface area contributed by atoms with Crippen molar-refractivity contribution < 1.29 is 8.42 Å². The van der Waals surface area contributed by atoms with Crippen molar-refractivity contribution in [2.24, 2.45) is 0 Å². The molecular formula is C14H19N3O2S2. The fourth-order valence-corrected chi connectivity index (χ4v) is 4.30. The average Bonchev–Trinajstić information content (AvgIpc) is 2.96. The van der Waals surface area contributed by atoms with Crippen LogP contribution >= 0.6 is 11.3 Å². The zero-order valence-electron chi connectivity index (χ0n) is 12.3. The number of hydrogen-bond donors (Lipinski definition) is 2. The van der Waals surface area contributed by atoms with Crippen LogP contribution in [0.4, 0.5) is 5.69 Å². The number of nitrogens with one attached hydrogen (secondary N) is 2. The van der Waals surface area contributed by atoms with Crippen LogP contribution < -0.4 is 10.0 Å². The van der Waals surface area contributed by atoms with Gasteiger partial charge in [-0.3, -0.25) is 0 Å². The first-order chi connectivity index (χ1) is 9.97. The summed E-state index contributed by atoms with van der Waals surface area (Å²) in [6.07, 6.45) is 2.70. The van der Waals surface area contributed by atoms with Gasteiger partial charge in [-0.2, -0.15) is 0 Å². The first-order valence-corrected chi connectivity index (χ1v) is 9.01. The van der Waals surface area contributed by atoms with E-state index >= 15 is 0 Å². The Kier molecular flexibility index (Phi) is 4.97. The van der Waals surface area contributed by atoms with Gasteiger partial charge in [0.2, 0.25) is 10.0 Å². The molecule has 2 rings (SSSR count). The van der Waals surface area contributed by atoms with Crippen molar-refractivity contribution in [3.05, 3.63) is 40.3 Å². The molecule has 0 fully saturated rings. The third kappa shape index (κ3) is 3.61. The van der Waals surface area contributed by atoms with E-state index in [1.807, 2.05) is 0 Å². The van der Waals surface area contributed by atoms with Gasteiger partial charge >= 0.3 is 0 Å². The number of aromatic nitrogens is 1. The summed E-state index contributed by atoms with van der Waals surface area (Å²) >= 11 is 1.53. The Morgan fingerprint density at radius 1 is 1.33 bits per heavy atom. The second-order valence-corrected chi connectivity index (χ2v) is 7.44. The van der Waals surface area contributed by atoms with Gasteiger partial charge in [-0.25, -0.2) is 18.1 Å². The highest BCUT2D eigenvalue weighted by atomic mass is 32.2. The standard InChI is InChI=1S/C14H19N3O2S2/c1-4-11-9-16-14(20-11)10(2)17-21(18,19)13-8-6-5-7-12(13)15-3/h5-10,15,17H,4H2,1-3H3. The number of para-hydroxylation sites is 1. The lowest BCUT2D eigenvalue weighted by Gasteiger charge is -2.14. The van der Waals surface area contributed by atoms with Crippen LogP contribution in [0.2, 0.25) is 0 Å². The Balaban J connectivity index is 2.24. The second kappa shape index (κ2) is 6.55. The molecule has 2 aromatic rings. The van der Waals surface area contributed by atoms with Crippen LogP contribution in [-0.4, -0.2) is 20.4 Å². The fraction of sp³-hybridized carbons (Fsp3) is 0.357. The van der Waals surface area contributed by atoms with Gasteiger partial charge in [0.15, 0.2) is 0 Å². The van der Waals surface area contributed by atoms with Crippen molar-refractivity contribution >= 4 is 27.0 Å². The van der Waals surface area contributed by atoms with Crippen molar-refractivity contribution in [2.75, 3.05) is 12.4 Å². The normalized spacial score (nSPS) is 13.1. The molecule has 0 spiro atoms. The lowest BCUT2D eigenvalue weighted by atomic mass is 10.3. The lowest BCUT2D eigenvalue weighted by Crippen LogP contribution is -2.27. The Morgan fingerprint density at radius 3 is 2.67 bits per heavy atom. The molecule has 21 heavy (non-hydrogen) atoms. The number of sulfonamides is 1. The van der Waals surface area contributed by atoms with E-state index in [-0.39, 0.29) is 10.9 Å². The number of aryl methyl sites for hydroxylation is 1. The van der Waals surface area contributed by atoms with E-state index in [1.54, 1.807) is 44.4 Å². The van der Waals surface area contributed by atoms with E-state index in [1.165, 1.54) is 11.3 Å². The summed E-state index contributed by atoms with van der Waals surface area (Å²) in [6.45, 7) is 3.85. The van der Waals surface area contributed by atoms with Crippen LogP contribution in [0.15, 0.2) is 35.4 Å². The lowest BCUT2D eigenvalue weighted by molar-refractivity contribution is 0.566. The Bertz CT molecular complexity index is 711. The fourth-order valence-electron chi connectivity index (χ4n) is 1.94. The van der Waals surface area contributed by atoms with Crippen molar-refractivity contribution in [3.63, 3.8) is 0 Å². The van der Waals surface area contributed by atoms with E-state index in [0.717, 1.165) is 16.3 Å². The maximum atomic E-state index is 12.5. The summed E-state index contributed by atoms with van der Waals surface area (Å²) < 4.78 is 27.7. The summed E-state index contributed by atoms with van der Waals surface area (Å²) in [5.41, 5.74) is 0.575. The minimum Gasteiger partial charge on any atom is -0.387 e. The maximum Gasteiger partial charge on any atom is 0.243 e. The highest BCUT2D eigenvalue weighted by Crippen LogP contribution is 2.25. The first kappa shape index (κ1) is 15.9. The van der Waals surface area contributed by atoms with Crippen LogP contribution in [0.5, 0.6) is 0 Å². The molecule has 0 saturated heterocycles. The first-order valence-electron chi connectivity index (χ1n) is 6.71. The third-order valence-corrected chi connectivity index (χ3v) is 5.99. The summed E-state index contributed by atoms with van der Waals surface area (Å²) in [5.74, 6) is 0. The maximum absolute atomic E-state index is 12.5. The Labute approximate surface area is 129 Å². The molecule has 0 bridgehead atoms. The van der Waals surface area contributed by atoms with Gasteiger partial charge in [0, 0.05) is 18.1 Å². The molecule has 5 nitrogen and oxygen atoms in total. The van der Waals surface area contributed by atoms with Crippen LogP contribution in [0.3, 0.4) is 0 Å². The summed E-state index contributed by atoms with van der Waals surface area (Å²) in [4.78, 5) is 5.67. The Hall–Kier alpha value is -1.44. The molecule has 1 heterocycles. The third-order valence-electron chi connectivity index (χ3n) is 3.07. The highest BCUT2D eigenvalue weighted by molar-refractivity contribution is 7.89. The summed E-state index contributed by atoms with van der Waals surface area (Å²) in [5, 5.41) is 3.67. The topological polar surface area (TPSA) is 71.1 Å². The van der Waals surface area contributed by atoms with Crippen molar-refractivity contribution in [1.82, 2.24) is 9.71 Å². The molecule has 0 aliphatic carbocycles. The van der Waals surface area contributed by atoms with Crippen molar-refractivity contribution in [3.8, 4) is 0 Å². The molecule has 114 valence electrons. The quantitative estimate of drug-likeness (QED) is 0.857. The predicted octanol–water partition coefficient (Wildman–Crippen LogP) is 2.79. The van der Waals surface area contributed by atoms with Gasteiger partial charge in [0.05, 0.1) is 11.7 Å². The molecule has 1 aromatic carbocycles. The minimum atomic E-state index is -3.59. The summed E-state index contributed by atoms with van der Waals surface area (Å²) in [6, 6.07) is 6.46. The van der Waals surface area contributed by atoms with Gasteiger partial charge in [-0.15, -0.1) is 11.3 Å². The zero-order valence-corrected chi connectivity index (χ0v) is 13.9. The van der Waals surface area contributed by atoms with E-state index in [0.29, 0.717) is 5.69 Å². The molecular weight excluding hydrogens is 306 g/mol. The zero-order chi connectivity index (χ0) is 15.5. The molecule has 0 saturated carbocycles. The number of hydrogen-bond acceptors (Lipinski definition) is 5. The number of benzene rings is 1. The SMILES string of the molecule is CCc1cnc(C(C)NS(=O)(=O)c2ccccc2NC)s1. The minimum absolute atomic E-state index is 0.242. The van der Waals surface area contributed by atoms with Crippen LogP contribution in [0.1, 0.15) is 29.8 Å². The molecule has 1 atom stereocenters. The number of anilines is 1. The molecule has 7 heteroatoms. The van der Waals surface area contributed by atoms with Crippen molar-refractivity contribution in [2.45, 2.75) is 31.2 Å². The predicted molar refractivity (Wildman–Crippen MR) is 86.2 cm³/mol. The van der Waals surface area contributed by atoms with Gasteiger partial charge in [-0.1, -0.05) is 19.1 Å². The van der Waals surface area contributed by atoms with Crippen LogP contribution in [0.25, 0.3) is 0 Å². The van der Waals surface area contributed by atoms with Gasteiger partial charge in [0.25, 0.3) is 0 Å². The monoisotopic (exact) mass is 325 g/mol. The van der Waals surface area contributed by atoms with Crippen molar-refractivity contribution in [1.29, 1.82) is 0 Å². The molecule has 0 radical (unpaired) electrons. The highest BCUT2D eigenvalue weighted by Gasteiger charge is 2.22. The van der Waals surface area contributed by atoms with Crippen LogP contribution in [-0.2, 0) is 16.4 Å². The Morgan fingerprint density at radius 2 is 2.05 bits per heavy atom. The smallest absolute Gasteiger partial charge is 0.243 e. The van der Waals surface area contributed by atoms with E-state index in [9.17, 15) is 8.42 Å². The second-order valence-electron chi connectivity index (χ2n) is 4.61. The van der Waals surface area contributed by atoms with E-state index in [4.69, 9.17) is 0 Å². The van der Waals surface area contributed by atoms with E-state index in [2.05, 4.69) is 21.9 Å². The van der Waals surface area contributed by atoms with E-state index < -0.39 is 10.0 Å². The summed E-state index contributed by atoms with van der Waals surface area (Å²) in [7, 11) is -1.89. The molecule has 1 unspecified atom stereocenters. The molecule has 2 N–H and O–H groups in total. The number of rotatable bonds is 6. The molecule has 0 aliphatic heterocycles. The largest absolute Gasteiger partial charge is 0.387 e. The van der Waals surface area contributed by atoms with Gasteiger partial charge in [0.1, 0.15) is 9.90 Å². The van der Waals surface area contributed by atoms with Gasteiger partial charge in [-0.05, 0) is 25.5 Å². The van der Waals surface area contributed by atoms with Crippen LogP contribution in [0, 0.1) is 0 Å². The molecule has 0 amide bonds. The molecule has 1 aromatic heterocycles. The molecule has 0 aliphatic rings. The average molecular weight is 325 g/mol.